The predicted octanol–water partition coefficient (Wildman–Crippen LogP) is 3.18. The summed E-state index contributed by atoms with van der Waals surface area (Å²) in [7, 11) is 0. The van der Waals surface area contributed by atoms with Crippen LogP contribution in [0.1, 0.15) is 45.2 Å². The van der Waals surface area contributed by atoms with Crippen LogP contribution in [0.4, 0.5) is 9.18 Å². The minimum atomic E-state index is -0.285. The number of hydrogen-bond donors (Lipinski definition) is 1. The van der Waals surface area contributed by atoms with E-state index in [0.717, 1.165) is 5.56 Å². The molecule has 0 radical (unpaired) electrons. The zero-order valence-corrected chi connectivity index (χ0v) is 15.3. The van der Waals surface area contributed by atoms with E-state index in [4.69, 9.17) is 0 Å². The monoisotopic (exact) mass is 349 g/mol. The molecule has 0 saturated carbocycles. The van der Waals surface area contributed by atoms with Crippen molar-refractivity contribution in [3.63, 3.8) is 0 Å². The molecule has 5 nitrogen and oxygen atoms in total. The van der Waals surface area contributed by atoms with E-state index in [1.165, 1.54) is 12.1 Å². The molecule has 1 aliphatic rings. The lowest BCUT2D eigenvalue weighted by Gasteiger charge is -2.35. The number of halogens is 1. The van der Waals surface area contributed by atoms with Crippen molar-refractivity contribution < 1.29 is 14.0 Å². The Morgan fingerprint density at radius 2 is 1.76 bits per heavy atom. The fourth-order valence-electron chi connectivity index (χ4n) is 3.19. The lowest BCUT2D eigenvalue weighted by atomic mass is 9.95. The molecule has 138 valence electrons. The molecule has 1 fully saturated rings. The summed E-state index contributed by atoms with van der Waals surface area (Å²) < 4.78 is 13.0. The third-order valence-corrected chi connectivity index (χ3v) is 4.90. The number of piperidine rings is 1. The highest BCUT2D eigenvalue weighted by molar-refractivity contribution is 5.80. The first-order valence-electron chi connectivity index (χ1n) is 9.05. The number of carbonyl (C=O) groups excluding carboxylic acids is 2. The summed E-state index contributed by atoms with van der Waals surface area (Å²) in [6.07, 6.45) is 1.35. The van der Waals surface area contributed by atoms with Crippen molar-refractivity contribution in [3.05, 3.63) is 35.6 Å². The Hall–Kier alpha value is -2.11. The van der Waals surface area contributed by atoms with Gasteiger partial charge in [-0.2, -0.15) is 0 Å². The van der Waals surface area contributed by atoms with Gasteiger partial charge in [0.05, 0.1) is 6.04 Å². The molecular weight excluding hydrogens is 321 g/mol. The maximum atomic E-state index is 13.0. The average Bonchev–Trinajstić information content (AvgIpc) is 2.63. The quantitative estimate of drug-likeness (QED) is 0.888. The van der Waals surface area contributed by atoms with Crippen molar-refractivity contribution >= 4 is 11.9 Å². The van der Waals surface area contributed by atoms with E-state index in [1.807, 2.05) is 25.7 Å². The zero-order valence-electron chi connectivity index (χ0n) is 15.3. The third-order valence-electron chi connectivity index (χ3n) is 4.90. The van der Waals surface area contributed by atoms with E-state index >= 15 is 0 Å². The topological polar surface area (TPSA) is 52.7 Å². The number of nitrogens with one attached hydrogen (secondary N) is 1. The molecule has 1 atom stereocenters. The molecule has 0 aliphatic carbocycles. The summed E-state index contributed by atoms with van der Waals surface area (Å²) in [6.45, 7) is 8.45. The molecule has 1 unspecified atom stereocenters. The summed E-state index contributed by atoms with van der Waals surface area (Å²) in [4.78, 5) is 28.5. The van der Waals surface area contributed by atoms with Crippen LogP contribution < -0.4 is 5.32 Å². The highest BCUT2D eigenvalue weighted by atomic mass is 19.1. The molecule has 2 rings (SSSR count). The maximum absolute atomic E-state index is 13.0. The van der Waals surface area contributed by atoms with Gasteiger partial charge >= 0.3 is 6.03 Å². The van der Waals surface area contributed by atoms with Crippen molar-refractivity contribution in [2.75, 3.05) is 26.2 Å². The van der Waals surface area contributed by atoms with Gasteiger partial charge in [0.15, 0.2) is 0 Å². The Balaban J connectivity index is 1.84. The number of hydrogen-bond acceptors (Lipinski definition) is 2. The first kappa shape index (κ1) is 19.2. The zero-order chi connectivity index (χ0) is 18.4. The summed E-state index contributed by atoms with van der Waals surface area (Å²) in [6, 6.07) is 6.06. The first-order chi connectivity index (χ1) is 12.0. The van der Waals surface area contributed by atoms with E-state index in [0.29, 0.717) is 39.0 Å². The van der Waals surface area contributed by atoms with Gasteiger partial charge in [0, 0.05) is 32.1 Å². The lowest BCUT2D eigenvalue weighted by molar-refractivity contribution is -0.127. The predicted molar refractivity (Wildman–Crippen MR) is 95.6 cm³/mol. The second-order valence-electron chi connectivity index (χ2n) is 6.50. The molecule has 1 heterocycles. The molecule has 0 aromatic heterocycles. The van der Waals surface area contributed by atoms with Crippen LogP contribution in [0.25, 0.3) is 0 Å². The van der Waals surface area contributed by atoms with Gasteiger partial charge in [0.1, 0.15) is 5.82 Å². The number of likely N-dealkylation sites (tertiary alicyclic amines) is 1. The second kappa shape index (κ2) is 8.83. The molecule has 1 aromatic rings. The molecule has 0 bridgehead atoms. The van der Waals surface area contributed by atoms with Crippen LogP contribution in [-0.2, 0) is 4.79 Å². The second-order valence-corrected chi connectivity index (χ2v) is 6.50. The number of carbonyl (C=O) groups is 2. The van der Waals surface area contributed by atoms with Gasteiger partial charge in [-0.1, -0.05) is 12.1 Å². The third kappa shape index (κ3) is 4.94. The number of benzene rings is 1. The van der Waals surface area contributed by atoms with Gasteiger partial charge in [-0.3, -0.25) is 4.79 Å². The molecule has 6 heteroatoms. The molecule has 25 heavy (non-hydrogen) atoms. The summed E-state index contributed by atoms with van der Waals surface area (Å²) in [5.74, 6) is -0.358. The van der Waals surface area contributed by atoms with Crippen molar-refractivity contribution in [1.82, 2.24) is 15.1 Å². The number of rotatable bonds is 5. The van der Waals surface area contributed by atoms with E-state index in [9.17, 15) is 14.0 Å². The van der Waals surface area contributed by atoms with Crippen LogP contribution in [0.3, 0.4) is 0 Å². The lowest BCUT2D eigenvalue weighted by Crippen LogP contribution is -2.48. The Labute approximate surface area is 149 Å². The van der Waals surface area contributed by atoms with Crippen molar-refractivity contribution in [2.24, 2.45) is 5.92 Å². The number of urea groups is 1. The van der Waals surface area contributed by atoms with Crippen LogP contribution in [0, 0.1) is 11.7 Å². The fraction of sp³-hybridized carbons (Fsp3) is 0.579. The average molecular weight is 349 g/mol. The van der Waals surface area contributed by atoms with Crippen molar-refractivity contribution in [3.8, 4) is 0 Å². The Bertz CT molecular complexity index is 579. The van der Waals surface area contributed by atoms with Gasteiger partial charge in [-0.25, -0.2) is 9.18 Å². The smallest absolute Gasteiger partial charge is 0.319 e. The minimum absolute atomic E-state index is 0.00626. The largest absolute Gasteiger partial charge is 0.349 e. The normalized spacial score (nSPS) is 16.4. The molecule has 1 N–H and O–H groups in total. The van der Waals surface area contributed by atoms with Gasteiger partial charge in [-0.15, -0.1) is 0 Å². The Morgan fingerprint density at radius 3 is 2.28 bits per heavy atom. The van der Waals surface area contributed by atoms with Crippen molar-refractivity contribution in [1.29, 1.82) is 0 Å². The van der Waals surface area contributed by atoms with Crippen LogP contribution in [0.2, 0.25) is 0 Å². The highest BCUT2D eigenvalue weighted by Gasteiger charge is 2.29. The first-order valence-corrected chi connectivity index (χ1v) is 9.05. The molecule has 1 aliphatic heterocycles. The summed E-state index contributed by atoms with van der Waals surface area (Å²) in [5.41, 5.74) is 0.879. The van der Waals surface area contributed by atoms with Crippen LogP contribution in [-0.4, -0.2) is 47.9 Å². The fourth-order valence-corrected chi connectivity index (χ4v) is 3.19. The van der Waals surface area contributed by atoms with Gasteiger partial charge < -0.3 is 15.1 Å². The van der Waals surface area contributed by atoms with Gasteiger partial charge in [0.25, 0.3) is 0 Å². The number of nitrogens with zero attached hydrogens (tertiary/aromatic N) is 2. The molecular formula is C19H28FN3O2. The highest BCUT2D eigenvalue weighted by Crippen LogP contribution is 2.21. The number of amides is 3. The molecule has 1 aromatic carbocycles. The van der Waals surface area contributed by atoms with Crippen LogP contribution in [0.5, 0.6) is 0 Å². The van der Waals surface area contributed by atoms with Crippen LogP contribution >= 0.6 is 0 Å². The van der Waals surface area contributed by atoms with Gasteiger partial charge in [-0.05, 0) is 51.3 Å². The Kier molecular flexibility index (Phi) is 6.79. The standard InChI is InChI=1S/C19H28FN3O2/c1-4-22(5-2)19(25)23-12-10-16(11-13-23)18(24)21-14(3)15-6-8-17(20)9-7-15/h6-9,14,16H,4-5,10-13H2,1-3H3,(H,21,24). The SMILES string of the molecule is CCN(CC)C(=O)N1CCC(C(=O)NC(C)c2ccc(F)cc2)CC1. The Morgan fingerprint density at radius 1 is 1.20 bits per heavy atom. The molecule has 1 saturated heterocycles. The van der Waals surface area contributed by atoms with Crippen LogP contribution in [0.15, 0.2) is 24.3 Å². The van der Waals surface area contributed by atoms with E-state index in [-0.39, 0.29) is 29.7 Å². The summed E-state index contributed by atoms with van der Waals surface area (Å²) >= 11 is 0. The van der Waals surface area contributed by atoms with E-state index < -0.39 is 0 Å². The minimum Gasteiger partial charge on any atom is -0.349 e. The summed E-state index contributed by atoms with van der Waals surface area (Å²) in [5, 5.41) is 3.00. The van der Waals surface area contributed by atoms with Gasteiger partial charge in [0.2, 0.25) is 5.91 Å². The molecule has 0 spiro atoms. The molecule has 3 amide bonds. The maximum Gasteiger partial charge on any atom is 0.319 e. The van der Waals surface area contributed by atoms with E-state index in [2.05, 4.69) is 5.32 Å². The van der Waals surface area contributed by atoms with E-state index in [1.54, 1.807) is 17.0 Å². The van der Waals surface area contributed by atoms with Crippen molar-refractivity contribution in [2.45, 2.75) is 39.7 Å².